The first-order chi connectivity index (χ1) is 11.7. The number of piperazine rings is 1. The van der Waals surface area contributed by atoms with Gasteiger partial charge >= 0.3 is 0 Å². The minimum Gasteiger partial charge on any atom is -0.367 e. The number of hydrogen-bond acceptors (Lipinski definition) is 3. The molecule has 1 aliphatic rings. The Balaban J connectivity index is 1.62. The highest BCUT2D eigenvalue weighted by molar-refractivity contribution is 5.79. The van der Waals surface area contributed by atoms with Gasteiger partial charge in [0.25, 0.3) is 0 Å². The van der Waals surface area contributed by atoms with Crippen molar-refractivity contribution >= 4 is 11.6 Å². The van der Waals surface area contributed by atoms with Crippen molar-refractivity contribution in [3.8, 4) is 6.07 Å². The SMILES string of the molecule is N#Cc1cc(F)ccc1N1CCN(C(=O)Cc2ccccc2)CC1. The second kappa shape index (κ2) is 7.14. The van der Waals surface area contributed by atoms with Crippen molar-refractivity contribution in [3.63, 3.8) is 0 Å². The van der Waals surface area contributed by atoms with E-state index in [1.807, 2.05) is 46.2 Å². The molecule has 1 amide bonds. The van der Waals surface area contributed by atoms with Gasteiger partial charge in [0.2, 0.25) is 5.91 Å². The van der Waals surface area contributed by atoms with Crippen molar-refractivity contribution in [2.24, 2.45) is 0 Å². The third-order valence-corrected chi connectivity index (χ3v) is 4.25. The molecule has 24 heavy (non-hydrogen) atoms. The number of benzene rings is 2. The topological polar surface area (TPSA) is 47.3 Å². The van der Waals surface area contributed by atoms with E-state index in [-0.39, 0.29) is 5.91 Å². The Kier molecular flexibility index (Phi) is 4.76. The first-order valence-electron chi connectivity index (χ1n) is 7.93. The monoisotopic (exact) mass is 323 g/mol. The Morgan fingerprint density at radius 3 is 2.46 bits per heavy atom. The van der Waals surface area contributed by atoms with Gasteiger partial charge in [0.15, 0.2) is 0 Å². The number of carbonyl (C=O) groups excluding carboxylic acids is 1. The largest absolute Gasteiger partial charge is 0.367 e. The molecule has 0 atom stereocenters. The third-order valence-electron chi connectivity index (χ3n) is 4.25. The number of hydrogen-bond donors (Lipinski definition) is 0. The highest BCUT2D eigenvalue weighted by atomic mass is 19.1. The predicted octanol–water partition coefficient (Wildman–Crippen LogP) is 2.59. The molecule has 5 heteroatoms. The van der Waals surface area contributed by atoms with E-state index in [0.29, 0.717) is 38.2 Å². The van der Waals surface area contributed by atoms with E-state index in [1.165, 1.54) is 12.1 Å². The molecule has 1 aliphatic heterocycles. The van der Waals surface area contributed by atoms with Crippen LogP contribution < -0.4 is 4.90 Å². The summed E-state index contributed by atoms with van der Waals surface area (Å²) in [6.07, 6.45) is 0.404. The number of halogens is 1. The van der Waals surface area contributed by atoms with Crippen LogP contribution in [0, 0.1) is 17.1 Å². The smallest absolute Gasteiger partial charge is 0.227 e. The molecule has 0 aliphatic carbocycles. The molecule has 3 rings (SSSR count). The van der Waals surface area contributed by atoms with Crippen molar-refractivity contribution in [2.45, 2.75) is 6.42 Å². The lowest BCUT2D eigenvalue weighted by molar-refractivity contribution is -0.130. The fourth-order valence-electron chi connectivity index (χ4n) is 2.95. The quantitative estimate of drug-likeness (QED) is 0.872. The molecular weight excluding hydrogens is 305 g/mol. The van der Waals surface area contributed by atoms with Crippen LogP contribution in [-0.4, -0.2) is 37.0 Å². The third kappa shape index (κ3) is 3.54. The highest BCUT2D eigenvalue weighted by Gasteiger charge is 2.22. The van der Waals surface area contributed by atoms with Crippen LogP contribution in [0.4, 0.5) is 10.1 Å². The summed E-state index contributed by atoms with van der Waals surface area (Å²) in [4.78, 5) is 16.3. The number of anilines is 1. The minimum absolute atomic E-state index is 0.112. The van der Waals surface area contributed by atoms with Gasteiger partial charge in [-0.25, -0.2) is 4.39 Å². The van der Waals surface area contributed by atoms with Gasteiger partial charge in [-0.1, -0.05) is 30.3 Å². The molecule has 0 radical (unpaired) electrons. The van der Waals surface area contributed by atoms with Crippen molar-refractivity contribution in [3.05, 3.63) is 65.5 Å². The molecule has 0 unspecified atom stereocenters. The number of nitrogens with zero attached hydrogens (tertiary/aromatic N) is 3. The van der Waals surface area contributed by atoms with E-state index in [9.17, 15) is 9.18 Å². The van der Waals surface area contributed by atoms with Crippen molar-refractivity contribution in [1.29, 1.82) is 5.26 Å². The molecule has 1 fully saturated rings. The van der Waals surface area contributed by atoms with E-state index in [2.05, 4.69) is 0 Å². The second-order valence-electron chi connectivity index (χ2n) is 5.80. The second-order valence-corrected chi connectivity index (χ2v) is 5.80. The summed E-state index contributed by atoms with van der Waals surface area (Å²) in [6.45, 7) is 2.49. The van der Waals surface area contributed by atoms with Crippen LogP contribution in [0.25, 0.3) is 0 Å². The summed E-state index contributed by atoms with van der Waals surface area (Å²) < 4.78 is 13.3. The van der Waals surface area contributed by atoms with E-state index < -0.39 is 5.82 Å². The Hall–Kier alpha value is -2.87. The Labute approximate surface area is 140 Å². The van der Waals surface area contributed by atoms with Crippen molar-refractivity contribution < 1.29 is 9.18 Å². The normalized spacial score (nSPS) is 14.3. The zero-order valence-corrected chi connectivity index (χ0v) is 13.3. The summed E-state index contributed by atoms with van der Waals surface area (Å²) in [5.41, 5.74) is 2.07. The molecule has 122 valence electrons. The van der Waals surface area contributed by atoms with E-state index in [0.717, 1.165) is 11.3 Å². The summed E-state index contributed by atoms with van der Waals surface area (Å²) in [7, 11) is 0. The van der Waals surface area contributed by atoms with Crippen molar-refractivity contribution in [2.75, 3.05) is 31.1 Å². The average molecular weight is 323 g/mol. The van der Waals surface area contributed by atoms with Gasteiger partial charge in [0, 0.05) is 26.2 Å². The summed E-state index contributed by atoms with van der Waals surface area (Å²) in [5.74, 6) is -0.299. The number of carbonyl (C=O) groups is 1. The lowest BCUT2D eigenvalue weighted by atomic mass is 10.1. The maximum Gasteiger partial charge on any atom is 0.227 e. The molecule has 1 heterocycles. The highest BCUT2D eigenvalue weighted by Crippen LogP contribution is 2.22. The molecule has 0 saturated carbocycles. The van der Waals surface area contributed by atoms with Gasteiger partial charge in [0.1, 0.15) is 11.9 Å². The zero-order valence-electron chi connectivity index (χ0n) is 13.3. The number of amides is 1. The van der Waals surface area contributed by atoms with Crippen LogP contribution >= 0.6 is 0 Å². The summed E-state index contributed by atoms with van der Waals surface area (Å²) >= 11 is 0. The average Bonchev–Trinajstić information content (AvgIpc) is 2.62. The standard InChI is InChI=1S/C19H18FN3O/c20-17-6-7-18(16(13-17)14-21)22-8-10-23(11-9-22)19(24)12-15-4-2-1-3-5-15/h1-7,13H,8-12H2. The fraction of sp³-hybridized carbons (Fsp3) is 0.263. The molecule has 1 saturated heterocycles. The number of nitriles is 1. The predicted molar refractivity (Wildman–Crippen MR) is 90.1 cm³/mol. The van der Waals surface area contributed by atoms with Gasteiger partial charge < -0.3 is 9.80 Å². The molecular formula is C19H18FN3O. The van der Waals surface area contributed by atoms with E-state index in [4.69, 9.17) is 5.26 Å². The van der Waals surface area contributed by atoms with Crippen LogP contribution in [-0.2, 0) is 11.2 Å². The molecule has 2 aromatic rings. The van der Waals surface area contributed by atoms with Crippen LogP contribution in [0.5, 0.6) is 0 Å². The number of rotatable bonds is 3. The summed E-state index contributed by atoms with van der Waals surface area (Å²) in [6, 6.07) is 16.0. The van der Waals surface area contributed by atoms with Gasteiger partial charge in [0.05, 0.1) is 17.7 Å². The van der Waals surface area contributed by atoms with Crippen LogP contribution in [0.3, 0.4) is 0 Å². The maximum atomic E-state index is 13.3. The Bertz CT molecular complexity index is 762. The fourth-order valence-corrected chi connectivity index (χ4v) is 2.95. The van der Waals surface area contributed by atoms with E-state index in [1.54, 1.807) is 6.07 Å². The zero-order chi connectivity index (χ0) is 16.9. The lowest BCUT2D eigenvalue weighted by Crippen LogP contribution is -2.49. The molecule has 0 N–H and O–H groups in total. The molecule has 0 bridgehead atoms. The first kappa shape index (κ1) is 16.0. The van der Waals surface area contributed by atoms with Gasteiger partial charge in [-0.15, -0.1) is 0 Å². The maximum absolute atomic E-state index is 13.3. The minimum atomic E-state index is -0.410. The van der Waals surface area contributed by atoms with Crippen LogP contribution in [0.2, 0.25) is 0 Å². The van der Waals surface area contributed by atoms with E-state index >= 15 is 0 Å². The van der Waals surface area contributed by atoms with Crippen LogP contribution in [0.15, 0.2) is 48.5 Å². The van der Waals surface area contributed by atoms with Gasteiger partial charge in [-0.3, -0.25) is 4.79 Å². The molecule has 4 nitrogen and oxygen atoms in total. The Morgan fingerprint density at radius 2 is 1.79 bits per heavy atom. The molecule has 0 spiro atoms. The van der Waals surface area contributed by atoms with Gasteiger partial charge in [-0.2, -0.15) is 5.26 Å². The van der Waals surface area contributed by atoms with Crippen molar-refractivity contribution in [1.82, 2.24) is 4.90 Å². The molecule has 0 aromatic heterocycles. The summed E-state index contributed by atoms with van der Waals surface area (Å²) in [5, 5.41) is 9.17. The molecule has 2 aromatic carbocycles. The van der Waals surface area contributed by atoms with Crippen LogP contribution in [0.1, 0.15) is 11.1 Å². The van der Waals surface area contributed by atoms with Gasteiger partial charge in [-0.05, 0) is 23.8 Å². The first-order valence-corrected chi connectivity index (χ1v) is 7.93. The Morgan fingerprint density at radius 1 is 1.08 bits per heavy atom. The lowest BCUT2D eigenvalue weighted by Gasteiger charge is -2.36.